The van der Waals surface area contributed by atoms with Crippen LogP contribution in [0.2, 0.25) is 5.82 Å². The minimum Gasteiger partial charge on any atom is -0.427 e. The van der Waals surface area contributed by atoms with Gasteiger partial charge in [0.2, 0.25) is 0 Å². The Labute approximate surface area is 111 Å². The number of hydrogen-bond donors (Lipinski definition) is 2. The maximum Gasteiger partial charge on any atom is 0.457 e. The molecule has 104 valence electrons. The summed E-state index contributed by atoms with van der Waals surface area (Å²) in [6.45, 7) is 10.2. The van der Waals surface area contributed by atoms with Gasteiger partial charge in [0.15, 0.2) is 0 Å². The smallest absolute Gasteiger partial charge is 0.427 e. The fraction of sp³-hybridized carbons (Fsp3) is 1.00. The summed E-state index contributed by atoms with van der Waals surface area (Å²) in [6.07, 6.45) is 3.61. The molecule has 2 N–H and O–H groups in total. The van der Waals surface area contributed by atoms with Gasteiger partial charge in [0.05, 0.1) is 11.2 Å². The molecule has 3 nitrogen and oxygen atoms in total. The van der Waals surface area contributed by atoms with E-state index in [1.807, 2.05) is 20.8 Å². The van der Waals surface area contributed by atoms with E-state index in [9.17, 15) is 10.1 Å². The average molecular weight is 254 g/mol. The normalized spacial score (nSPS) is 43.2. The molecule has 0 amide bonds. The van der Waals surface area contributed by atoms with Crippen molar-refractivity contribution in [1.82, 2.24) is 0 Å². The zero-order valence-corrected chi connectivity index (χ0v) is 12.4. The molecule has 3 unspecified atom stereocenters. The van der Waals surface area contributed by atoms with Crippen LogP contribution in [0.3, 0.4) is 0 Å². The van der Waals surface area contributed by atoms with Gasteiger partial charge in [-0.1, -0.05) is 34.1 Å². The van der Waals surface area contributed by atoms with Gasteiger partial charge in [0.1, 0.15) is 0 Å². The lowest BCUT2D eigenvalue weighted by molar-refractivity contribution is -0.308. The van der Waals surface area contributed by atoms with Crippen molar-refractivity contribution in [3.8, 4) is 0 Å². The molecule has 3 fully saturated rings. The van der Waals surface area contributed by atoms with Crippen LogP contribution in [-0.2, 0) is 4.65 Å². The van der Waals surface area contributed by atoms with E-state index in [1.54, 1.807) is 0 Å². The third kappa shape index (κ3) is 1.69. The summed E-state index contributed by atoms with van der Waals surface area (Å²) >= 11 is 0. The summed E-state index contributed by atoms with van der Waals surface area (Å²) in [6, 6.07) is 0. The monoisotopic (exact) mass is 254 g/mol. The number of rotatable bonds is 4. The van der Waals surface area contributed by atoms with Crippen LogP contribution in [0, 0.1) is 11.3 Å². The predicted molar refractivity (Wildman–Crippen MR) is 73.2 cm³/mol. The van der Waals surface area contributed by atoms with Gasteiger partial charge in [0.25, 0.3) is 0 Å². The van der Waals surface area contributed by atoms with Crippen LogP contribution in [-0.4, -0.2) is 28.5 Å². The molecule has 3 aliphatic carbocycles. The Morgan fingerprint density at radius 2 is 2.00 bits per heavy atom. The minimum absolute atomic E-state index is 0.102. The van der Waals surface area contributed by atoms with Crippen LogP contribution >= 0.6 is 0 Å². The first-order valence-corrected chi connectivity index (χ1v) is 7.26. The van der Waals surface area contributed by atoms with Crippen molar-refractivity contribution in [2.24, 2.45) is 11.3 Å². The quantitative estimate of drug-likeness (QED) is 0.758. The third-order valence-electron chi connectivity index (χ3n) is 5.98. The van der Waals surface area contributed by atoms with Gasteiger partial charge in [-0.3, -0.25) is 0 Å². The van der Waals surface area contributed by atoms with Gasteiger partial charge in [-0.05, 0) is 43.3 Å². The second-order valence-electron chi connectivity index (χ2n) is 7.15. The molecule has 18 heavy (non-hydrogen) atoms. The molecule has 0 aliphatic heterocycles. The van der Waals surface area contributed by atoms with Crippen LogP contribution in [0.25, 0.3) is 0 Å². The van der Waals surface area contributed by atoms with Gasteiger partial charge >= 0.3 is 7.12 Å². The molecule has 3 saturated carbocycles. The number of fused-ring (bicyclic) bond motifs is 2. The van der Waals surface area contributed by atoms with Gasteiger partial charge in [-0.2, -0.15) is 0 Å². The lowest BCUT2D eigenvalue weighted by atomic mass is 9.41. The van der Waals surface area contributed by atoms with E-state index in [-0.39, 0.29) is 11.2 Å². The Kier molecular flexibility index (Phi) is 3.37. The maximum absolute atomic E-state index is 11.0. The van der Waals surface area contributed by atoms with Crippen molar-refractivity contribution in [2.75, 3.05) is 0 Å². The second-order valence-corrected chi connectivity index (χ2v) is 7.15. The molecule has 3 aliphatic rings. The van der Waals surface area contributed by atoms with E-state index in [4.69, 9.17) is 4.65 Å². The number of aliphatic hydroxyl groups is 1. The Morgan fingerprint density at radius 1 is 1.39 bits per heavy atom. The number of hydrogen-bond acceptors (Lipinski definition) is 3. The summed E-state index contributed by atoms with van der Waals surface area (Å²) < 4.78 is 5.93. The van der Waals surface area contributed by atoms with E-state index in [0.717, 1.165) is 25.7 Å². The van der Waals surface area contributed by atoms with Crippen LogP contribution in [0.1, 0.15) is 60.3 Å². The van der Waals surface area contributed by atoms with Gasteiger partial charge in [-0.15, -0.1) is 0 Å². The SMILES string of the molecule is CCC(C)B(O)OC1(C)CCC2C[C@]1(O)C2(C)C. The Morgan fingerprint density at radius 3 is 2.50 bits per heavy atom. The molecule has 3 rings (SSSR count). The van der Waals surface area contributed by atoms with Crippen molar-refractivity contribution < 1.29 is 14.8 Å². The van der Waals surface area contributed by atoms with Crippen molar-refractivity contribution >= 4 is 7.12 Å². The summed E-state index contributed by atoms with van der Waals surface area (Å²) in [4.78, 5) is 0. The Hall–Kier alpha value is -0.0551. The summed E-state index contributed by atoms with van der Waals surface area (Å²) in [5, 5.41) is 21.1. The highest BCUT2D eigenvalue weighted by Crippen LogP contribution is 2.66. The van der Waals surface area contributed by atoms with Gasteiger partial charge in [-0.25, -0.2) is 0 Å². The lowest BCUT2D eigenvalue weighted by Gasteiger charge is -2.69. The molecule has 4 heteroatoms. The zero-order chi connectivity index (χ0) is 13.8. The molecule has 0 aromatic rings. The standard InChI is InChI=1S/C14H27BO3/c1-6-10(2)15(17)18-13(5)8-7-11-9-14(13,16)12(11,3)4/h10-11,16-17H,6-9H2,1-5H3/t10?,11?,13?,14-/m0/s1. The first-order valence-electron chi connectivity index (χ1n) is 7.26. The maximum atomic E-state index is 11.0. The Balaban J connectivity index is 2.16. The average Bonchev–Trinajstić information content (AvgIpc) is 2.31. The largest absolute Gasteiger partial charge is 0.457 e. The van der Waals surface area contributed by atoms with E-state index < -0.39 is 18.3 Å². The molecular formula is C14H27BO3. The van der Waals surface area contributed by atoms with Crippen LogP contribution in [0.15, 0.2) is 0 Å². The third-order valence-corrected chi connectivity index (χ3v) is 5.98. The lowest BCUT2D eigenvalue weighted by Crippen LogP contribution is -2.76. The topological polar surface area (TPSA) is 49.7 Å². The molecule has 0 heterocycles. The summed E-state index contributed by atoms with van der Waals surface area (Å²) in [5.74, 6) is 0.700. The first-order chi connectivity index (χ1) is 8.18. The molecule has 2 bridgehead atoms. The molecule has 4 atom stereocenters. The van der Waals surface area contributed by atoms with Crippen LogP contribution in [0.5, 0.6) is 0 Å². The highest BCUT2D eigenvalue weighted by molar-refractivity contribution is 6.44. The molecule has 0 aromatic heterocycles. The van der Waals surface area contributed by atoms with Gasteiger partial charge in [0, 0.05) is 0 Å². The fourth-order valence-corrected chi connectivity index (χ4v) is 3.84. The van der Waals surface area contributed by atoms with Crippen molar-refractivity contribution in [3.05, 3.63) is 0 Å². The highest BCUT2D eigenvalue weighted by Gasteiger charge is 2.70. The van der Waals surface area contributed by atoms with E-state index in [2.05, 4.69) is 13.8 Å². The van der Waals surface area contributed by atoms with Crippen LogP contribution < -0.4 is 0 Å². The first kappa shape index (κ1) is 14.4. The molecule has 0 aromatic carbocycles. The molecular weight excluding hydrogens is 227 g/mol. The van der Waals surface area contributed by atoms with Crippen LogP contribution in [0.4, 0.5) is 0 Å². The van der Waals surface area contributed by atoms with Crippen molar-refractivity contribution in [2.45, 2.75) is 77.3 Å². The summed E-state index contributed by atoms with van der Waals surface area (Å²) in [7, 11) is -0.781. The second kappa shape index (κ2) is 4.22. The minimum atomic E-state index is -0.794. The zero-order valence-electron chi connectivity index (χ0n) is 12.4. The summed E-state index contributed by atoms with van der Waals surface area (Å²) in [5.41, 5.74) is -1.51. The van der Waals surface area contributed by atoms with Crippen molar-refractivity contribution in [3.63, 3.8) is 0 Å². The molecule has 0 radical (unpaired) electrons. The van der Waals surface area contributed by atoms with E-state index in [0.29, 0.717) is 5.92 Å². The predicted octanol–water partition coefficient (Wildman–Crippen LogP) is 2.61. The van der Waals surface area contributed by atoms with Gasteiger partial charge < -0.3 is 14.8 Å². The molecule has 0 spiro atoms. The molecule has 0 saturated heterocycles. The fourth-order valence-electron chi connectivity index (χ4n) is 3.84. The Bertz CT molecular complexity index is 333. The van der Waals surface area contributed by atoms with Crippen molar-refractivity contribution in [1.29, 1.82) is 0 Å². The van der Waals surface area contributed by atoms with E-state index >= 15 is 0 Å². The van der Waals surface area contributed by atoms with E-state index in [1.165, 1.54) is 0 Å². The highest BCUT2D eigenvalue weighted by atomic mass is 16.6.